The first-order valence-electron chi connectivity index (χ1n) is 6.42. The Kier molecular flexibility index (Phi) is 3.36. The van der Waals surface area contributed by atoms with Crippen LogP contribution in [0.3, 0.4) is 0 Å². The van der Waals surface area contributed by atoms with Gasteiger partial charge in [0.25, 0.3) is 0 Å². The molecule has 6 nitrogen and oxygen atoms in total. The number of nitrogens with one attached hydrogen (secondary N) is 1. The monoisotopic (exact) mass is 266 g/mol. The topological polar surface area (TPSA) is 67.5 Å². The molecule has 0 aliphatic heterocycles. The van der Waals surface area contributed by atoms with Gasteiger partial charge in [-0.25, -0.2) is 0 Å². The van der Waals surface area contributed by atoms with Crippen molar-refractivity contribution in [2.45, 2.75) is 13.3 Å². The summed E-state index contributed by atoms with van der Waals surface area (Å²) in [6.07, 6.45) is 2.40. The highest BCUT2D eigenvalue weighted by atomic mass is 15.4. The van der Waals surface area contributed by atoms with E-state index in [4.69, 9.17) is 0 Å². The summed E-state index contributed by atoms with van der Waals surface area (Å²) in [6, 6.07) is 13.7. The van der Waals surface area contributed by atoms with Gasteiger partial charge in [-0.3, -0.25) is 5.43 Å². The van der Waals surface area contributed by atoms with Crippen molar-refractivity contribution in [3.63, 3.8) is 0 Å². The fourth-order valence-electron chi connectivity index (χ4n) is 1.89. The Morgan fingerprint density at radius 1 is 1.20 bits per heavy atom. The molecule has 20 heavy (non-hydrogen) atoms. The lowest BCUT2D eigenvalue weighted by Gasteiger charge is -2.05. The molecule has 0 amide bonds. The van der Waals surface area contributed by atoms with E-state index < -0.39 is 0 Å². The molecule has 0 atom stereocenters. The summed E-state index contributed by atoms with van der Waals surface area (Å²) in [5, 5.41) is 16.4. The van der Waals surface area contributed by atoms with Gasteiger partial charge in [-0.1, -0.05) is 37.3 Å². The SMILES string of the molecule is CC/C(=N\Nc1ccc2nncn2n1)c1ccccc1. The molecule has 0 aliphatic carbocycles. The average molecular weight is 266 g/mol. The van der Waals surface area contributed by atoms with Crippen molar-refractivity contribution < 1.29 is 0 Å². The summed E-state index contributed by atoms with van der Waals surface area (Å²) >= 11 is 0. The second-order valence-electron chi connectivity index (χ2n) is 4.24. The van der Waals surface area contributed by atoms with E-state index in [0.29, 0.717) is 11.5 Å². The van der Waals surface area contributed by atoms with Crippen LogP contribution in [0.4, 0.5) is 5.82 Å². The molecule has 0 radical (unpaired) electrons. The number of fused-ring (bicyclic) bond motifs is 1. The molecule has 0 aliphatic rings. The van der Waals surface area contributed by atoms with Gasteiger partial charge in [-0.2, -0.15) is 9.62 Å². The van der Waals surface area contributed by atoms with Crippen molar-refractivity contribution in [2.24, 2.45) is 5.10 Å². The summed E-state index contributed by atoms with van der Waals surface area (Å²) in [5.74, 6) is 0.652. The number of nitrogens with zero attached hydrogens (tertiary/aromatic N) is 5. The van der Waals surface area contributed by atoms with E-state index in [-0.39, 0.29) is 0 Å². The lowest BCUT2D eigenvalue weighted by atomic mass is 10.1. The summed E-state index contributed by atoms with van der Waals surface area (Å²) in [4.78, 5) is 0. The van der Waals surface area contributed by atoms with E-state index in [1.54, 1.807) is 10.8 Å². The third-order valence-corrected chi connectivity index (χ3v) is 2.91. The Morgan fingerprint density at radius 2 is 2.05 bits per heavy atom. The molecular weight excluding hydrogens is 252 g/mol. The van der Waals surface area contributed by atoms with Crippen LogP contribution in [-0.2, 0) is 0 Å². The van der Waals surface area contributed by atoms with Crippen molar-refractivity contribution in [1.82, 2.24) is 19.8 Å². The number of hydrogen-bond acceptors (Lipinski definition) is 5. The zero-order chi connectivity index (χ0) is 13.8. The van der Waals surface area contributed by atoms with Crippen LogP contribution in [0.5, 0.6) is 0 Å². The lowest BCUT2D eigenvalue weighted by molar-refractivity contribution is 0.924. The average Bonchev–Trinajstić information content (AvgIpc) is 2.96. The van der Waals surface area contributed by atoms with Gasteiger partial charge in [0.2, 0.25) is 0 Å². The molecule has 0 spiro atoms. The number of aromatic nitrogens is 4. The summed E-state index contributed by atoms with van der Waals surface area (Å²) in [7, 11) is 0. The number of rotatable bonds is 4. The molecule has 1 aromatic carbocycles. The highest BCUT2D eigenvalue weighted by molar-refractivity contribution is 6.00. The highest BCUT2D eigenvalue weighted by Crippen LogP contribution is 2.07. The Bertz CT molecular complexity index is 732. The van der Waals surface area contributed by atoms with Crippen molar-refractivity contribution in [1.29, 1.82) is 0 Å². The highest BCUT2D eigenvalue weighted by Gasteiger charge is 2.01. The van der Waals surface area contributed by atoms with E-state index in [1.165, 1.54) is 0 Å². The van der Waals surface area contributed by atoms with E-state index in [1.807, 2.05) is 42.5 Å². The molecule has 0 saturated heterocycles. The van der Waals surface area contributed by atoms with E-state index >= 15 is 0 Å². The molecule has 3 rings (SSSR count). The molecule has 2 aromatic heterocycles. The quantitative estimate of drug-likeness (QED) is 0.581. The molecule has 3 aromatic rings. The van der Waals surface area contributed by atoms with E-state index in [9.17, 15) is 0 Å². The fourth-order valence-corrected chi connectivity index (χ4v) is 1.89. The normalized spacial score (nSPS) is 11.8. The zero-order valence-corrected chi connectivity index (χ0v) is 11.1. The van der Waals surface area contributed by atoms with Crippen LogP contribution in [0.1, 0.15) is 18.9 Å². The Labute approximate surface area is 116 Å². The molecule has 0 unspecified atom stereocenters. The first kappa shape index (κ1) is 12.3. The van der Waals surface area contributed by atoms with Crippen molar-refractivity contribution in [3.8, 4) is 0 Å². The van der Waals surface area contributed by atoms with Crippen LogP contribution < -0.4 is 5.43 Å². The second-order valence-corrected chi connectivity index (χ2v) is 4.24. The van der Waals surface area contributed by atoms with Crippen LogP contribution in [0.2, 0.25) is 0 Å². The van der Waals surface area contributed by atoms with Crippen LogP contribution in [0.25, 0.3) is 5.65 Å². The number of benzene rings is 1. The van der Waals surface area contributed by atoms with Crippen molar-refractivity contribution in [2.75, 3.05) is 5.43 Å². The first-order valence-corrected chi connectivity index (χ1v) is 6.42. The van der Waals surface area contributed by atoms with E-state index in [0.717, 1.165) is 17.7 Å². The minimum atomic E-state index is 0.652. The predicted molar refractivity (Wildman–Crippen MR) is 77.7 cm³/mol. The van der Waals surface area contributed by atoms with Gasteiger partial charge >= 0.3 is 0 Å². The summed E-state index contributed by atoms with van der Waals surface area (Å²) in [5.41, 5.74) is 5.77. The van der Waals surface area contributed by atoms with Gasteiger partial charge in [0.1, 0.15) is 6.33 Å². The van der Waals surface area contributed by atoms with Crippen molar-refractivity contribution >= 4 is 17.2 Å². The molecule has 100 valence electrons. The third-order valence-electron chi connectivity index (χ3n) is 2.91. The maximum Gasteiger partial charge on any atom is 0.177 e. The minimum absolute atomic E-state index is 0.652. The molecule has 0 bridgehead atoms. The Hall–Kier alpha value is -2.76. The summed E-state index contributed by atoms with van der Waals surface area (Å²) in [6.45, 7) is 2.07. The van der Waals surface area contributed by atoms with Crippen LogP contribution in [-0.4, -0.2) is 25.5 Å². The van der Waals surface area contributed by atoms with Gasteiger partial charge in [0, 0.05) is 0 Å². The molecule has 0 saturated carbocycles. The molecule has 6 heteroatoms. The fraction of sp³-hybridized carbons (Fsp3) is 0.143. The summed E-state index contributed by atoms with van der Waals surface area (Å²) < 4.78 is 1.60. The molecular formula is C14H14N6. The van der Waals surface area contributed by atoms with Gasteiger partial charge in [-0.15, -0.1) is 15.3 Å². The van der Waals surface area contributed by atoms with Gasteiger partial charge in [0.05, 0.1) is 5.71 Å². The standard InChI is InChI=1S/C14H14N6/c1-2-12(11-6-4-3-5-7-11)16-17-13-8-9-14-18-15-10-20(14)19-13/h3-10H,2H2,1H3,(H,17,19)/b16-12+. The van der Waals surface area contributed by atoms with Gasteiger partial charge in [0.15, 0.2) is 11.5 Å². The largest absolute Gasteiger partial charge is 0.260 e. The predicted octanol–water partition coefficient (Wildman–Crippen LogP) is 2.35. The number of anilines is 1. The maximum absolute atomic E-state index is 4.42. The number of hydrogen-bond donors (Lipinski definition) is 1. The Morgan fingerprint density at radius 3 is 2.85 bits per heavy atom. The molecule has 2 heterocycles. The van der Waals surface area contributed by atoms with Crippen LogP contribution in [0.15, 0.2) is 53.9 Å². The van der Waals surface area contributed by atoms with Crippen LogP contribution in [0, 0.1) is 0 Å². The molecule has 1 N–H and O–H groups in total. The van der Waals surface area contributed by atoms with Crippen molar-refractivity contribution in [3.05, 3.63) is 54.4 Å². The van der Waals surface area contributed by atoms with Crippen LogP contribution >= 0.6 is 0 Å². The molecule has 0 fully saturated rings. The third kappa shape index (κ3) is 2.49. The maximum atomic E-state index is 4.42. The van der Waals surface area contributed by atoms with Gasteiger partial charge < -0.3 is 0 Å². The number of hydrazone groups is 1. The first-order chi connectivity index (χ1) is 9.86. The van der Waals surface area contributed by atoms with E-state index in [2.05, 4.69) is 32.7 Å². The lowest BCUT2D eigenvalue weighted by Crippen LogP contribution is -2.04. The Balaban J connectivity index is 1.84. The second kappa shape index (κ2) is 5.48. The smallest absolute Gasteiger partial charge is 0.177 e. The van der Waals surface area contributed by atoms with Gasteiger partial charge in [-0.05, 0) is 24.1 Å². The minimum Gasteiger partial charge on any atom is -0.260 e. The zero-order valence-electron chi connectivity index (χ0n) is 11.1.